The van der Waals surface area contributed by atoms with E-state index in [0.29, 0.717) is 12.5 Å². The first-order valence-electron chi connectivity index (χ1n) is 10.7. The van der Waals surface area contributed by atoms with E-state index in [1.165, 1.54) is 11.1 Å². The van der Waals surface area contributed by atoms with Crippen LogP contribution >= 0.6 is 0 Å². The number of benzene rings is 1. The van der Waals surface area contributed by atoms with Gasteiger partial charge in [0, 0.05) is 43.9 Å². The number of hydrogen-bond acceptors (Lipinski definition) is 4. The number of nitrogens with zero attached hydrogens (tertiary/aromatic N) is 2. The van der Waals surface area contributed by atoms with Crippen molar-refractivity contribution >= 4 is 5.91 Å². The quantitative estimate of drug-likeness (QED) is 0.832. The van der Waals surface area contributed by atoms with Crippen LogP contribution in [0.5, 0.6) is 5.75 Å². The number of aromatic nitrogens is 2. The third-order valence-electron chi connectivity index (χ3n) is 6.74. The lowest BCUT2D eigenvalue weighted by molar-refractivity contribution is -0.133. The Labute approximate surface area is 173 Å². The average molecular weight is 397 g/mol. The minimum absolute atomic E-state index is 0.155. The van der Waals surface area contributed by atoms with Crippen LogP contribution < -0.4 is 10.1 Å². The fourth-order valence-electron chi connectivity index (χ4n) is 4.79. The molecule has 29 heavy (non-hydrogen) atoms. The maximum absolute atomic E-state index is 12.8. The molecular weight excluding hydrogens is 364 g/mol. The number of ether oxygens (including phenoxy) is 1. The van der Waals surface area contributed by atoms with Crippen LogP contribution in [0.2, 0.25) is 0 Å². The lowest BCUT2D eigenvalue weighted by Gasteiger charge is -2.42. The van der Waals surface area contributed by atoms with Gasteiger partial charge >= 0.3 is 0 Å². The molecule has 4 rings (SSSR count). The first-order valence-corrected chi connectivity index (χ1v) is 10.7. The van der Waals surface area contributed by atoms with Crippen LogP contribution in [0.15, 0.2) is 24.3 Å². The number of carbonyl (C=O) groups is 1. The molecule has 1 spiro atoms. The van der Waals surface area contributed by atoms with Crippen molar-refractivity contribution in [2.75, 3.05) is 13.6 Å². The zero-order valence-corrected chi connectivity index (χ0v) is 17.8. The number of aryl methyl sites for hydroxylation is 2. The van der Waals surface area contributed by atoms with Crippen LogP contribution in [0.1, 0.15) is 54.6 Å². The van der Waals surface area contributed by atoms with E-state index in [-0.39, 0.29) is 11.5 Å². The van der Waals surface area contributed by atoms with Crippen molar-refractivity contribution in [2.45, 2.75) is 70.6 Å². The number of H-pyrrole nitrogens is 1. The van der Waals surface area contributed by atoms with E-state index in [9.17, 15) is 4.79 Å². The van der Waals surface area contributed by atoms with Crippen LogP contribution in [0, 0.1) is 13.8 Å². The number of amides is 1. The van der Waals surface area contributed by atoms with E-state index in [2.05, 4.69) is 33.7 Å². The van der Waals surface area contributed by atoms with E-state index in [1.807, 2.05) is 31.9 Å². The Morgan fingerprint density at radius 2 is 2.03 bits per heavy atom. The van der Waals surface area contributed by atoms with Gasteiger partial charge in [-0.15, -0.1) is 0 Å². The number of hydrogen-bond donors (Lipinski definition) is 2. The number of rotatable bonds is 4. The van der Waals surface area contributed by atoms with Crippen LogP contribution in [-0.4, -0.2) is 46.2 Å². The van der Waals surface area contributed by atoms with Gasteiger partial charge in [-0.25, -0.2) is 0 Å². The highest BCUT2D eigenvalue weighted by atomic mass is 16.5. The summed E-state index contributed by atoms with van der Waals surface area (Å²) in [5.41, 5.74) is 4.30. The molecule has 2 N–H and O–H groups in total. The zero-order valence-electron chi connectivity index (χ0n) is 17.8. The molecule has 1 aliphatic heterocycles. The summed E-state index contributed by atoms with van der Waals surface area (Å²) >= 11 is 0. The van der Waals surface area contributed by atoms with Crippen LogP contribution in [0.3, 0.4) is 0 Å². The topological polar surface area (TPSA) is 70.2 Å². The standard InChI is InChI=1S/C23H32N4O2/c1-16-20(17(2)26-25-16)8-9-22(28)27(3)19-10-12-23(13-11-19)15-24-14-18-6-4-5-7-21(18)29-23/h4-7,19,24H,8-15H2,1-3H3,(H,25,26). The molecule has 6 nitrogen and oxygen atoms in total. The van der Waals surface area contributed by atoms with Crippen molar-refractivity contribution in [1.82, 2.24) is 20.4 Å². The van der Waals surface area contributed by atoms with Gasteiger partial charge in [-0.05, 0) is 57.6 Å². The van der Waals surface area contributed by atoms with Crippen molar-refractivity contribution in [3.05, 3.63) is 46.8 Å². The smallest absolute Gasteiger partial charge is 0.222 e. The predicted molar refractivity (Wildman–Crippen MR) is 113 cm³/mol. The van der Waals surface area contributed by atoms with Crippen LogP contribution in [-0.2, 0) is 17.8 Å². The normalized spacial score (nSPS) is 23.9. The summed E-state index contributed by atoms with van der Waals surface area (Å²) in [4.78, 5) is 14.8. The van der Waals surface area contributed by atoms with Crippen molar-refractivity contribution in [1.29, 1.82) is 0 Å². The second-order valence-corrected chi connectivity index (χ2v) is 8.64. The molecule has 2 heterocycles. The minimum atomic E-state index is -0.155. The molecule has 1 aromatic carbocycles. The molecule has 0 saturated heterocycles. The number of carbonyl (C=O) groups excluding carboxylic acids is 1. The molecule has 0 bridgehead atoms. The van der Waals surface area contributed by atoms with Crippen molar-refractivity contribution < 1.29 is 9.53 Å². The molecule has 2 aromatic rings. The molecule has 156 valence electrons. The highest BCUT2D eigenvalue weighted by Crippen LogP contribution is 2.37. The second kappa shape index (κ2) is 8.19. The SMILES string of the molecule is Cc1n[nH]c(C)c1CCC(=O)N(C)C1CCC2(CC1)CNCc1ccccc1O2. The maximum Gasteiger partial charge on any atom is 0.222 e. The largest absolute Gasteiger partial charge is 0.486 e. The summed E-state index contributed by atoms with van der Waals surface area (Å²) in [6.45, 7) is 5.73. The summed E-state index contributed by atoms with van der Waals surface area (Å²) in [5, 5.41) is 10.8. The first kappa shape index (κ1) is 20.0. The maximum atomic E-state index is 12.8. The van der Waals surface area contributed by atoms with Gasteiger partial charge in [0.05, 0.1) is 5.69 Å². The first-order chi connectivity index (χ1) is 14.0. The van der Waals surface area contributed by atoms with Gasteiger partial charge in [0.15, 0.2) is 0 Å². The molecule has 0 unspecified atom stereocenters. The monoisotopic (exact) mass is 396 g/mol. The van der Waals surface area contributed by atoms with Gasteiger partial charge < -0.3 is 15.0 Å². The fourth-order valence-corrected chi connectivity index (χ4v) is 4.79. The van der Waals surface area contributed by atoms with Gasteiger partial charge in [-0.2, -0.15) is 5.10 Å². The Balaban J connectivity index is 1.33. The Kier molecular flexibility index (Phi) is 5.63. The fraction of sp³-hybridized carbons (Fsp3) is 0.565. The number of aromatic amines is 1. The Morgan fingerprint density at radius 3 is 2.76 bits per heavy atom. The molecule has 1 saturated carbocycles. The van der Waals surface area contributed by atoms with E-state index >= 15 is 0 Å². The van der Waals surface area contributed by atoms with Crippen LogP contribution in [0.25, 0.3) is 0 Å². The van der Waals surface area contributed by atoms with Gasteiger partial charge in [0.2, 0.25) is 5.91 Å². The van der Waals surface area contributed by atoms with Crippen molar-refractivity contribution in [3.8, 4) is 5.75 Å². The lowest BCUT2D eigenvalue weighted by Crippen LogP contribution is -2.51. The van der Waals surface area contributed by atoms with Gasteiger partial charge in [0.1, 0.15) is 11.4 Å². The summed E-state index contributed by atoms with van der Waals surface area (Å²) in [6.07, 6.45) is 5.18. The summed E-state index contributed by atoms with van der Waals surface area (Å²) in [7, 11) is 1.96. The predicted octanol–water partition coefficient (Wildman–Crippen LogP) is 3.28. The molecule has 0 radical (unpaired) electrons. The van der Waals surface area contributed by atoms with E-state index in [1.54, 1.807) is 0 Å². The van der Waals surface area contributed by atoms with Gasteiger partial charge in [0.25, 0.3) is 0 Å². The Bertz CT molecular complexity index is 848. The highest BCUT2D eigenvalue weighted by molar-refractivity contribution is 5.76. The number of nitrogens with one attached hydrogen (secondary N) is 2. The van der Waals surface area contributed by atoms with Crippen molar-refractivity contribution in [2.24, 2.45) is 0 Å². The summed E-state index contributed by atoms with van der Waals surface area (Å²) in [6, 6.07) is 8.60. The van der Waals surface area contributed by atoms with E-state index in [4.69, 9.17) is 4.74 Å². The molecule has 0 atom stereocenters. The molecule has 1 aromatic heterocycles. The summed E-state index contributed by atoms with van der Waals surface area (Å²) in [5.74, 6) is 1.22. The Morgan fingerprint density at radius 1 is 1.28 bits per heavy atom. The molecular formula is C23H32N4O2. The molecule has 1 amide bonds. The molecule has 2 aliphatic rings. The van der Waals surface area contributed by atoms with E-state index in [0.717, 1.165) is 62.3 Å². The number of para-hydroxylation sites is 1. The second-order valence-electron chi connectivity index (χ2n) is 8.64. The van der Waals surface area contributed by atoms with Gasteiger partial charge in [-0.3, -0.25) is 9.89 Å². The number of fused-ring (bicyclic) bond motifs is 1. The van der Waals surface area contributed by atoms with Gasteiger partial charge in [-0.1, -0.05) is 18.2 Å². The van der Waals surface area contributed by atoms with Crippen molar-refractivity contribution in [3.63, 3.8) is 0 Å². The lowest BCUT2D eigenvalue weighted by atomic mass is 9.81. The molecule has 1 fully saturated rings. The average Bonchev–Trinajstić information content (AvgIpc) is 2.94. The van der Waals surface area contributed by atoms with E-state index < -0.39 is 0 Å². The third kappa shape index (κ3) is 4.17. The minimum Gasteiger partial charge on any atom is -0.486 e. The zero-order chi connectivity index (χ0) is 20.4. The van der Waals surface area contributed by atoms with Crippen LogP contribution in [0.4, 0.5) is 0 Å². The molecule has 1 aliphatic carbocycles. The summed E-state index contributed by atoms with van der Waals surface area (Å²) < 4.78 is 6.52. The molecule has 6 heteroatoms. The Hall–Kier alpha value is -2.34. The highest BCUT2D eigenvalue weighted by Gasteiger charge is 2.40. The third-order valence-corrected chi connectivity index (χ3v) is 6.74.